The van der Waals surface area contributed by atoms with Crippen LogP contribution in [0.1, 0.15) is 40.9 Å². The highest BCUT2D eigenvalue weighted by molar-refractivity contribution is 5.99. The first-order chi connectivity index (χ1) is 15.4. The molecule has 3 aromatic rings. The molecular weight excluding hydrogens is 407 g/mol. The number of nitrogens with one attached hydrogen (secondary N) is 4. The highest BCUT2D eigenvalue weighted by atomic mass is 19.1. The zero-order chi connectivity index (χ0) is 22.7. The summed E-state index contributed by atoms with van der Waals surface area (Å²) in [5.74, 6) is 0.130. The summed E-state index contributed by atoms with van der Waals surface area (Å²) < 4.78 is 13.7. The van der Waals surface area contributed by atoms with Crippen LogP contribution in [0.3, 0.4) is 0 Å². The Hall–Kier alpha value is -3.52. The molecule has 8 heteroatoms. The average molecular weight is 435 g/mol. The van der Waals surface area contributed by atoms with Crippen LogP contribution in [0, 0.1) is 12.7 Å². The lowest BCUT2D eigenvalue weighted by molar-refractivity contribution is 0.0943. The number of halogens is 1. The molecule has 2 aromatic carbocycles. The van der Waals surface area contributed by atoms with E-state index in [4.69, 9.17) is 0 Å². The molecule has 0 saturated carbocycles. The van der Waals surface area contributed by atoms with E-state index < -0.39 is 0 Å². The van der Waals surface area contributed by atoms with Crippen LogP contribution in [0.2, 0.25) is 0 Å². The average Bonchev–Trinajstić information content (AvgIpc) is 2.76. The Kier molecular flexibility index (Phi) is 6.32. The third kappa shape index (κ3) is 5.03. The van der Waals surface area contributed by atoms with Crippen LogP contribution in [-0.2, 0) is 13.0 Å². The number of anilines is 4. The second kappa shape index (κ2) is 9.32. The number of aromatic nitrogens is 2. The minimum Gasteiger partial charge on any atom is -0.350 e. The Morgan fingerprint density at radius 2 is 1.88 bits per heavy atom. The fraction of sp³-hybridized carbons (Fsp3) is 0.292. The van der Waals surface area contributed by atoms with Crippen molar-refractivity contribution in [3.05, 3.63) is 70.7 Å². The number of hydrogen-bond acceptors (Lipinski definition) is 6. The maximum absolute atomic E-state index is 13.7. The van der Waals surface area contributed by atoms with Crippen molar-refractivity contribution in [3.63, 3.8) is 0 Å². The summed E-state index contributed by atoms with van der Waals surface area (Å²) in [5.41, 5.74) is 4.91. The van der Waals surface area contributed by atoms with E-state index in [-0.39, 0.29) is 17.8 Å². The van der Waals surface area contributed by atoms with Crippen LogP contribution >= 0.6 is 0 Å². The van der Waals surface area contributed by atoms with E-state index in [0.29, 0.717) is 28.6 Å². The predicted molar refractivity (Wildman–Crippen MR) is 124 cm³/mol. The van der Waals surface area contributed by atoms with E-state index >= 15 is 0 Å². The second-order valence-corrected chi connectivity index (χ2v) is 8.21. The topological polar surface area (TPSA) is 91.0 Å². The largest absolute Gasteiger partial charge is 0.350 e. The first kappa shape index (κ1) is 21.7. The molecule has 0 radical (unpaired) electrons. The Bertz CT molecular complexity index is 1150. The fourth-order valence-electron chi connectivity index (χ4n) is 3.59. The van der Waals surface area contributed by atoms with Crippen molar-refractivity contribution >= 4 is 29.0 Å². The van der Waals surface area contributed by atoms with Gasteiger partial charge in [-0.1, -0.05) is 6.07 Å². The molecule has 166 valence electrons. The van der Waals surface area contributed by atoms with E-state index in [1.807, 2.05) is 19.9 Å². The molecule has 0 aliphatic carbocycles. The van der Waals surface area contributed by atoms with Crippen LogP contribution < -0.4 is 21.3 Å². The number of amides is 1. The third-order valence-electron chi connectivity index (χ3n) is 5.22. The van der Waals surface area contributed by atoms with Crippen molar-refractivity contribution in [2.24, 2.45) is 0 Å². The molecule has 1 aliphatic heterocycles. The zero-order valence-electron chi connectivity index (χ0n) is 18.4. The minimum absolute atomic E-state index is 0.0359. The lowest BCUT2D eigenvalue weighted by Crippen LogP contribution is -2.31. The monoisotopic (exact) mass is 434 g/mol. The van der Waals surface area contributed by atoms with Gasteiger partial charge in [-0.15, -0.1) is 0 Å². The number of aryl methyl sites for hydroxylation is 1. The molecule has 0 bridgehead atoms. The number of hydrogen-bond donors (Lipinski definition) is 4. The predicted octanol–water partition coefficient (Wildman–Crippen LogP) is 4.20. The Balaban J connectivity index is 1.64. The summed E-state index contributed by atoms with van der Waals surface area (Å²) in [6.07, 6.45) is 2.46. The summed E-state index contributed by atoms with van der Waals surface area (Å²) >= 11 is 0. The number of benzene rings is 2. The molecule has 4 rings (SSSR count). The summed E-state index contributed by atoms with van der Waals surface area (Å²) in [5, 5.41) is 12.6. The van der Waals surface area contributed by atoms with Crippen molar-refractivity contribution in [2.45, 2.75) is 39.8 Å². The number of carbonyl (C=O) groups excluding carboxylic acids is 1. The molecule has 0 unspecified atom stereocenters. The molecule has 2 heterocycles. The van der Waals surface area contributed by atoms with E-state index in [9.17, 15) is 9.18 Å². The van der Waals surface area contributed by atoms with Crippen molar-refractivity contribution < 1.29 is 9.18 Å². The van der Waals surface area contributed by atoms with Crippen molar-refractivity contribution in [3.8, 4) is 0 Å². The highest BCUT2D eigenvalue weighted by Gasteiger charge is 2.17. The van der Waals surface area contributed by atoms with E-state index in [1.54, 1.807) is 19.1 Å². The summed E-state index contributed by atoms with van der Waals surface area (Å²) in [7, 11) is 0. The number of rotatable bonds is 6. The lowest BCUT2D eigenvalue weighted by Gasteiger charge is -2.18. The van der Waals surface area contributed by atoms with Gasteiger partial charge in [0.2, 0.25) is 5.95 Å². The second-order valence-electron chi connectivity index (χ2n) is 8.21. The quantitative estimate of drug-likeness (QED) is 0.465. The first-order valence-corrected chi connectivity index (χ1v) is 10.7. The number of nitrogens with zero attached hydrogens (tertiary/aromatic N) is 2. The molecule has 1 aromatic heterocycles. The van der Waals surface area contributed by atoms with E-state index in [0.717, 1.165) is 25.2 Å². The Labute approximate surface area is 186 Å². The van der Waals surface area contributed by atoms with Crippen LogP contribution in [0.15, 0.2) is 42.6 Å². The highest BCUT2D eigenvalue weighted by Crippen LogP contribution is 2.25. The molecule has 4 N–H and O–H groups in total. The Morgan fingerprint density at radius 1 is 1.09 bits per heavy atom. The van der Waals surface area contributed by atoms with E-state index in [1.165, 1.54) is 23.4 Å². The summed E-state index contributed by atoms with van der Waals surface area (Å²) in [4.78, 5) is 21.6. The van der Waals surface area contributed by atoms with Gasteiger partial charge in [0.25, 0.3) is 5.91 Å². The molecule has 0 atom stereocenters. The van der Waals surface area contributed by atoms with Gasteiger partial charge in [0.1, 0.15) is 17.2 Å². The minimum atomic E-state index is -0.291. The van der Waals surface area contributed by atoms with Crippen LogP contribution in [-0.4, -0.2) is 28.5 Å². The van der Waals surface area contributed by atoms with Gasteiger partial charge in [-0.2, -0.15) is 4.98 Å². The van der Waals surface area contributed by atoms with Crippen LogP contribution in [0.4, 0.5) is 27.5 Å². The standard InChI is InChI=1S/C24H27FN6O/c1-14(2)28-23(32)20-13-27-24(30-19-5-4-17-12-26-9-8-16(17)11-19)31-22(20)29-18-6-7-21(25)15(3)10-18/h4-7,10-11,13-14,26H,8-9,12H2,1-3H3,(H,28,32)(H2,27,29,30,31). The number of fused-ring (bicyclic) bond motifs is 1. The molecule has 1 aliphatic rings. The number of carbonyl (C=O) groups is 1. The van der Waals surface area contributed by atoms with Gasteiger partial charge >= 0.3 is 0 Å². The smallest absolute Gasteiger partial charge is 0.256 e. The molecular formula is C24H27FN6O. The molecule has 32 heavy (non-hydrogen) atoms. The van der Waals surface area contributed by atoms with Crippen molar-refractivity contribution in [1.82, 2.24) is 20.6 Å². The van der Waals surface area contributed by atoms with Gasteiger partial charge in [-0.05, 0) is 80.8 Å². The van der Waals surface area contributed by atoms with Crippen LogP contribution in [0.5, 0.6) is 0 Å². The van der Waals surface area contributed by atoms with Gasteiger partial charge in [-0.25, -0.2) is 9.37 Å². The van der Waals surface area contributed by atoms with Crippen molar-refractivity contribution in [1.29, 1.82) is 0 Å². The molecule has 0 saturated heterocycles. The molecule has 0 fully saturated rings. The zero-order valence-corrected chi connectivity index (χ0v) is 18.4. The summed E-state index contributed by atoms with van der Waals surface area (Å²) in [6.45, 7) is 7.29. The summed E-state index contributed by atoms with van der Waals surface area (Å²) in [6, 6.07) is 10.8. The van der Waals surface area contributed by atoms with Gasteiger partial charge in [0.05, 0.1) is 0 Å². The van der Waals surface area contributed by atoms with Gasteiger partial charge in [0.15, 0.2) is 0 Å². The van der Waals surface area contributed by atoms with Crippen LogP contribution in [0.25, 0.3) is 0 Å². The molecule has 0 spiro atoms. The lowest BCUT2D eigenvalue weighted by atomic mass is 10.0. The Morgan fingerprint density at radius 3 is 2.66 bits per heavy atom. The van der Waals surface area contributed by atoms with Crippen molar-refractivity contribution in [2.75, 3.05) is 17.2 Å². The van der Waals surface area contributed by atoms with E-state index in [2.05, 4.69) is 43.4 Å². The first-order valence-electron chi connectivity index (χ1n) is 10.7. The maximum atomic E-state index is 13.7. The molecule has 7 nitrogen and oxygen atoms in total. The van der Waals surface area contributed by atoms with Gasteiger partial charge < -0.3 is 21.3 Å². The third-order valence-corrected chi connectivity index (χ3v) is 5.22. The normalized spacial score (nSPS) is 12.9. The van der Waals surface area contributed by atoms with Gasteiger partial charge in [0, 0.05) is 30.2 Å². The fourth-order valence-corrected chi connectivity index (χ4v) is 3.59. The molecule has 1 amide bonds. The maximum Gasteiger partial charge on any atom is 0.256 e. The SMILES string of the molecule is Cc1cc(Nc2nc(Nc3ccc4c(c3)CCNC4)ncc2C(=O)NC(C)C)ccc1F. The van der Waals surface area contributed by atoms with Gasteiger partial charge in [-0.3, -0.25) is 4.79 Å².